The summed E-state index contributed by atoms with van der Waals surface area (Å²) < 4.78 is 34.2. The number of hydrogen-bond acceptors (Lipinski definition) is 5. The number of nitrogens with zero attached hydrogens (tertiary/aromatic N) is 2. The maximum Gasteiger partial charge on any atom is 0.264 e. The summed E-state index contributed by atoms with van der Waals surface area (Å²) in [4.78, 5) is 28.3. The summed E-state index contributed by atoms with van der Waals surface area (Å²) in [6.45, 7) is 8.06. The van der Waals surface area contributed by atoms with Crippen molar-refractivity contribution in [1.82, 2.24) is 10.2 Å². The lowest BCUT2D eigenvalue weighted by Gasteiger charge is -2.32. The monoisotopic (exact) mass is 551 g/mol. The third-order valence-corrected chi connectivity index (χ3v) is 8.02. The average Bonchev–Trinajstić information content (AvgIpc) is 2.95. The second-order valence-corrected chi connectivity index (χ2v) is 11.1. The van der Waals surface area contributed by atoms with Crippen LogP contribution in [-0.4, -0.2) is 50.9 Å². The number of nitrogens with one attached hydrogen (secondary N) is 1. The second kappa shape index (κ2) is 13.8. The van der Waals surface area contributed by atoms with Gasteiger partial charge in [0.1, 0.15) is 18.3 Å². The molecule has 39 heavy (non-hydrogen) atoms. The standard InChI is InChI=1S/C30H37N3O5S/c1-5-20-31-30(35)24(4)32(21-25-14-12-23(3)13-15-25)29(34)22-33(26-16-18-27(19-17-26)38-6-2)39(36,37)28-10-8-7-9-11-28/h7-19,24H,5-6,20-22H2,1-4H3,(H,31,35)/t24-/m1/s1. The molecule has 0 saturated carbocycles. The Morgan fingerprint density at radius 2 is 1.56 bits per heavy atom. The van der Waals surface area contributed by atoms with E-state index in [-0.39, 0.29) is 17.3 Å². The highest BCUT2D eigenvalue weighted by atomic mass is 32.2. The summed E-state index contributed by atoms with van der Waals surface area (Å²) in [7, 11) is -4.10. The van der Waals surface area contributed by atoms with Crippen molar-refractivity contribution in [3.05, 3.63) is 90.0 Å². The van der Waals surface area contributed by atoms with Gasteiger partial charge in [-0.2, -0.15) is 0 Å². The molecule has 0 bridgehead atoms. The molecule has 1 atom stereocenters. The molecule has 3 aromatic carbocycles. The minimum atomic E-state index is -4.10. The fraction of sp³-hybridized carbons (Fsp3) is 0.333. The topological polar surface area (TPSA) is 96.0 Å². The van der Waals surface area contributed by atoms with Crippen molar-refractivity contribution in [1.29, 1.82) is 0 Å². The minimum absolute atomic E-state index is 0.0607. The van der Waals surface area contributed by atoms with Crippen molar-refractivity contribution in [2.75, 3.05) is 24.0 Å². The van der Waals surface area contributed by atoms with Crippen molar-refractivity contribution in [2.45, 2.75) is 51.6 Å². The van der Waals surface area contributed by atoms with Gasteiger partial charge in [0.2, 0.25) is 11.8 Å². The van der Waals surface area contributed by atoms with Crippen molar-refractivity contribution < 1.29 is 22.7 Å². The van der Waals surface area contributed by atoms with Gasteiger partial charge >= 0.3 is 0 Å². The molecule has 0 unspecified atom stereocenters. The highest BCUT2D eigenvalue weighted by Gasteiger charge is 2.32. The van der Waals surface area contributed by atoms with Crippen molar-refractivity contribution in [2.24, 2.45) is 0 Å². The van der Waals surface area contributed by atoms with Crippen LogP contribution in [0.1, 0.15) is 38.3 Å². The zero-order valence-corrected chi connectivity index (χ0v) is 23.8. The Hall–Kier alpha value is -3.85. The Morgan fingerprint density at radius 1 is 0.923 bits per heavy atom. The van der Waals surface area contributed by atoms with Gasteiger partial charge in [-0.25, -0.2) is 8.42 Å². The molecule has 0 saturated heterocycles. The Morgan fingerprint density at radius 3 is 2.15 bits per heavy atom. The molecule has 8 nitrogen and oxygen atoms in total. The van der Waals surface area contributed by atoms with Crippen LogP contribution in [0.5, 0.6) is 5.75 Å². The number of anilines is 1. The van der Waals surface area contributed by atoms with E-state index in [0.717, 1.165) is 21.9 Å². The van der Waals surface area contributed by atoms with Crippen LogP contribution < -0.4 is 14.4 Å². The molecule has 0 aliphatic rings. The second-order valence-electron chi connectivity index (χ2n) is 9.23. The van der Waals surface area contributed by atoms with E-state index in [0.29, 0.717) is 24.6 Å². The number of carbonyl (C=O) groups is 2. The summed E-state index contributed by atoms with van der Waals surface area (Å²) in [5, 5.41) is 2.84. The lowest BCUT2D eigenvalue weighted by atomic mass is 10.1. The summed E-state index contributed by atoms with van der Waals surface area (Å²) in [6.07, 6.45) is 0.755. The Bertz CT molecular complexity index is 1330. The molecule has 0 heterocycles. The zero-order valence-electron chi connectivity index (χ0n) is 23.0. The van der Waals surface area contributed by atoms with E-state index in [1.54, 1.807) is 49.4 Å². The lowest BCUT2D eigenvalue weighted by molar-refractivity contribution is -0.139. The highest BCUT2D eigenvalue weighted by Crippen LogP contribution is 2.26. The number of aryl methyl sites for hydroxylation is 1. The van der Waals surface area contributed by atoms with Gasteiger partial charge in [-0.05, 0) is 69.2 Å². The molecule has 9 heteroatoms. The van der Waals surface area contributed by atoms with Gasteiger partial charge in [-0.3, -0.25) is 13.9 Å². The fourth-order valence-electron chi connectivity index (χ4n) is 3.99. The van der Waals surface area contributed by atoms with E-state index < -0.39 is 28.5 Å². The first-order valence-electron chi connectivity index (χ1n) is 13.1. The maximum atomic E-state index is 13.9. The first-order valence-corrected chi connectivity index (χ1v) is 14.5. The molecular formula is C30H37N3O5S. The smallest absolute Gasteiger partial charge is 0.264 e. The molecule has 0 radical (unpaired) electrons. The van der Waals surface area contributed by atoms with E-state index in [4.69, 9.17) is 4.74 Å². The molecule has 0 spiro atoms. The number of carbonyl (C=O) groups excluding carboxylic acids is 2. The van der Waals surface area contributed by atoms with Crippen LogP contribution in [0.25, 0.3) is 0 Å². The van der Waals surface area contributed by atoms with Crippen molar-refractivity contribution in [3.63, 3.8) is 0 Å². The van der Waals surface area contributed by atoms with Gasteiger partial charge in [0.15, 0.2) is 0 Å². The van der Waals surface area contributed by atoms with Crippen LogP contribution in [0.3, 0.4) is 0 Å². The van der Waals surface area contributed by atoms with Crippen LogP contribution in [0.4, 0.5) is 5.69 Å². The molecule has 0 aliphatic carbocycles. The maximum absolute atomic E-state index is 13.9. The van der Waals surface area contributed by atoms with E-state index in [9.17, 15) is 18.0 Å². The molecule has 3 rings (SSSR count). The van der Waals surface area contributed by atoms with Crippen LogP contribution in [0.2, 0.25) is 0 Å². The van der Waals surface area contributed by atoms with E-state index in [2.05, 4.69) is 5.32 Å². The van der Waals surface area contributed by atoms with Crippen molar-refractivity contribution in [3.8, 4) is 5.75 Å². The summed E-state index contributed by atoms with van der Waals surface area (Å²) in [5.41, 5.74) is 2.22. The Labute approximate surface area is 231 Å². The number of benzene rings is 3. The van der Waals surface area contributed by atoms with Gasteiger partial charge in [-0.15, -0.1) is 0 Å². The van der Waals surface area contributed by atoms with Crippen LogP contribution in [0, 0.1) is 6.92 Å². The Kier molecular flexibility index (Phi) is 10.5. The summed E-state index contributed by atoms with van der Waals surface area (Å²) >= 11 is 0. The molecule has 1 N–H and O–H groups in total. The third kappa shape index (κ3) is 7.83. The minimum Gasteiger partial charge on any atom is -0.494 e. The first kappa shape index (κ1) is 29.7. The van der Waals surface area contributed by atoms with Crippen LogP contribution in [0.15, 0.2) is 83.8 Å². The molecule has 3 aromatic rings. The van der Waals surface area contributed by atoms with Gasteiger partial charge < -0.3 is 15.0 Å². The predicted molar refractivity (Wildman–Crippen MR) is 153 cm³/mol. The quantitative estimate of drug-likeness (QED) is 0.337. The van der Waals surface area contributed by atoms with Crippen LogP contribution in [-0.2, 0) is 26.2 Å². The number of amides is 2. The molecule has 0 aliphatic heterocycles. The largest absolute Gasteiger partial charge is 0.494 e. The number of rotatable bonds is 13. The normalized spacial score (nSPS) is 11.9. The van der Waals surface area contributed by atoms with Gasteiger partial charge in [0, 0.05) is 13.1 Å². The van der Waals surface area contributed by atoms with Crippen molar-refractivity contribution >= 4 is 27.5 Å². The Balaban J connectivity index is 2.00. The number of sulfonamides is 1. The average molecular weight is 552 g/mol. The summed E-state index contributed by atoms with van der Waals surface area (Å²) in [6, 6.07) is 21.4. The predicted octanol–water partition coefficient (Wildman–Crippen LogP) is 4.53. The van der Waals surface area contributed by atoms with Gasteiger partial charge in [0.05, 0.1) is 17.2 Å². The molecule has 208 valence electrons. The van der Waals surface area contributed by atoms with E-state index >= 15 is 0 Å². The molecular weight excluding hydrogens is 514 g/mol. The van der Waals surface area contributed by atoms with Gasteiger partial charge in [-0.1, -0.05) is 55.0 Å². The number of ether oxygens (including phenoxy) is 1. The van der Waals surface area contributed by atoms with E-state index in [1.807, 2.05) is 45.0 Å². The zero-order chi connectivity index (χ0) is 28.4. The number of hydrogen-bond donors (Lipinski definition) is 1. The molecule has 0 aromatic heterocycles. The van der Waals surface area contributed by atoms with Crippen LogP contribution >= 0.6 is 0 Å². The highest BCUT2D eigenvalue weighted by molar-refractivity contribution is 7.92. The molecule has 2 amide bonds. The fourth-order valence-corrected chi connectivity index (χ4v) is 5.43. The third-order valence-electron chi connectivity index (χ3n) is 6.24. The summed E-state index contributed by atoms with van der Waals surface area (Å²) in [5.74, 6) is -0.203. The SMILES string of the molecule is CCCNC(=O)[C@@H](C)N(Cc1ccc(C)cc1)C(=O)CN(c1ccc(OCC)cc1)S(=O)(=O)c1ccccc1. The lowest BCUT2D eigenvalue weighted by Crippen LogP contribution is -2.51. The van der Waals surface area contributed by atoms with E-state index in [1.165, 1.54) is 17.0 Å². The van der Waals surface area contributed by atoms with Gasteiger partial charge in [0.25, 0.3) is 10.0 Å². The first-order chi connectivity index (χ1) is 18.7. The molecule has 0 fully saturated rings.